The van der Waals surface area contributed by atoms with Crippen molar-refractivity contribution in [3.8, 4) is 0 Å². The van der Waals surface area contributed by atoms with E-state index in [2.05, 4.69) is 20.5 Å². The second-order valence-electron chi connectivity index (χ2n) is 3.38. The number of H-pyrrole nitrogens is 1. The number of sulfonamides is 1. The highest BCUT2D eigenvalue weighted by molar-refractivity contribution is 7.91. The number of rotatable bonds is 3. The van der Waals surface area contributed by atoms with Gasteiger partial charge in [-0.15, -0.1) is 0 Å². The van der Waals surface area contributed by atoms with Gasteiger partial charge in [-0.05, 0) is 6.92 Å². The molecule has 0 saturated heterocycles. The van der Waals surface area contributed by atoms with Crippen molar-refractivity contribution >= 4 is 32.4 Å². The summed E-state index contributed by atoms with van der Waals surface area (Å²) in [6, 6.07) is 0. The fourth-order valence-corrected chi connectivity index (χ4v) is 3.10. The number of hydrogen-bond acceptors (Lipinski definition) is 6. The lowest BCUT2D eigenvalue weighted by Crippen LogP contribution is -2.11. The van der Waals surface area contributed by atoms with Gasteiger partial charge < -0.3 is 0 Å². The maximum absolute atomic E-state index is 11.7. The van der Waals surface area contributed by atoms with Crippen LogP contribution >= 0.6 is 11.3 Å². The number of amides is 1. The van der Waals surface area contributed by atoms with Crippen molar-refractivity contribution in [1.29, 1.82) is 0 Å². The van der Waals surface area contributed by atoms with E-state index in [1.54, 1.807) is 0 Å². The van der Waals surface area contributed by atoms with Gasteiger partial charge in [-0.25, -0.2) is 18.5 Å². The highest BCUT2D eigenvalue weighted by Gasteiger charge is 2.19. The molecule has 18 heavy (non-hydrogen) atoms. The van der Waals surface area contributed by atoms with Crippen LogP contribution in [0.25, 0.3) is 0 Å². The zero-order valence-corrected chi connectivity index (χ0v) is 10.8. The number of nitrogens with one attached hydrogen (secondary N) is 2. The average molecular weight is 287 g/mol. The second-order valence-corrected chi connectivity index (χ2v) is 6.13. The van der Waals surface area contributed by atoms with E-state index in [0.717, 1.165) is 11.3 Å². The SMILES string of the molecule is Cc1nc(NC(=O)c2cn[nH]c2)sc1S(N)(=O)=O. The Morgan fingerprint density at radius 1 is 1.56 bits per heavy atom. The molecule has 2 rings (SSSR count). The van der Waals surface area contributed by atoms with Crippen LogP contribution in [0.4, 0.5) is 5.13 Å². The van der Waals surface area contributed by atoms with Crippen LogP contribution in [0, 0.1) is 6.92 Å². The molecule has 0 aliphatic heterocycles. The molecule has 96 valence electrons. The van der Waals surface area contributed by atoms with Gasteiger partial charge in [0, 0.05) is 6.20 Å². The number of carbonyl (C=O) groups excluding carboxylic acids is 1. The molecule has 0 atom stereocenters. The molecule has 2 heterocycles. The van der Waals surface area contributed by atoms with Gasteiger partial charge in [0.1, 0.15) is 0 Å². The van der Waals surface area contributed by atoms with Crippen molar-refractivity contribution in [2.45, 2.75) is 11.1 Å². The summed E-state index contributed by atoms with van der Waals surface area (Å²) in [5.74, 6) is -0.432. The van der Waals surface area contributed by atoms with Crippen molar-refractivity contribution in [3.05, 3.63) is 23.7 Å². The highest BCUT2D eigenvalue weighted by atomic mass is 32.2. The van der Waals surface area contributed by atoms with E-state index in [-0.39, 0.29) is 15.0 Å². The number of hydrogen-bond donors (Lipinski definition) is 3. The summed E-state index contributed by atoms with van der Waals surface area (Å²) < 4.78 is 22.3. The number of thiazole rings is 1. The van der Waals surface area contributed by atoms with Gasteiger partial charge >= 0.3 is 0 Å². The van der Waals surface area contributed by atoms with Crippen LogP contribution < -0.4 is 10.5 Å². The van der Waals surface area contributed by atoms with Gasteiger partial charge in [-0.2, -0.15) is 5.10 Å². The van der Waals surface area contributed by atoms with E-state index in [0.29, 0.717) is 5.56 Å². The first-order chi connectivity index (χ1) is 8.38. The monoisotopic (exact) mass is 287 g/mol. The minimum atomic E-state index is -3.82. The van der Waals surface area contributed by atoms with Crippen LogP contribution in [0.1, 0.15) is 16.1 Å². The Kier molecular flexibility index (Phi) is 3.15. The molecule has 8 nitrogen and oxygen atoms in total. The molecule has 4 N–H and O–H groups in total. The Bertz CT molecular complexity index is 674. The van der Waals surface area contributed by atoms with Crippen LogP contribution in [0.2, 0.25) is 0 Å². The molecule has 0 saturated carbocycles. The zero-order valence-electron chi connectivity index (χ0n) is 9.17. The number of nitrogens with zero attached hydrogens (tertiary/aromatic N) is 2. The second kappa shape index (κ2) is 4.48. The van der Waals surface area contributed by atoms with Crippen LogP contribution in [0.5, 0.6) is 0 Å². The van der Waals surface area contributed by atoms with Crippen molar-refractivity contribution in [2.75, 3.05) is 5.32 Å². The largest absolute Gasteiger partial charge is 0.298 e. The molecule has 1 amide bonds. The first-order valence-corrected chi connectivity index (χ1v) is 7.04. The number of primary sulfonamides is 1. The van der Waals surface area contributed by atoms with E-state index >= 15 is 0 Å². The molecular weight excluding hydrogens is 278 g/mol. The Balaban J connectivity index is 2.24. The Hall–Kier alpha value is -1.78. The lowest BCUT2D eigenvalue weighted by molar-refractivity contribution is 0.102. The first-order valence-electron chi connectivity index (χ1n) is 4.68. The first kappa shape index (κ1) is 12.7. The van der Waals surface area contributed by atoms with Crippen LogP contribution in [-0.2, 0) is 10.0 Å². The summed E-state index contributed by atoms with van der Waals surface area (Å²) in [6.07, 6.45) is 2.76. The van der Waals surface area contributed by atoms with Gasteiger partial charge in [0.25, 0.3) is 5.91 Å². The van der Waals surface area contributed by atoms with Gasteiger partial charge in [0.05, 0.1) is 17.5 Å². The number of aromatic amines is 1. The van der Waals surface area contributed by atoms with E-state index in [9.17, 15) is 13.2 Å². The Labute approximate surface area is 106 Å². The molecule has 0 spiro atoms. The summed E-state index contributed by atoms with van der Waals surface area (Å²) in [4.78, 5) is 15.6. The summed E-state index contributed by atoms with van der Waals surface area (Å²) in [5.41, 5.74) is 0.574. The van der Waals surface area contributed by atoms with E-state index in [1.165, 1.54) is 19.3 Å². The van der Waals surface area contributed by atoms with Crippen molar-refractivity contribution in [1.82, 2.24) is 15.2 Å². The summed E-state index contributed by atoms with van der Waals surface area (Å²) in [7, 11) is -3.82. The van der Waals surface area contributed by atoms with Crippen molar-refractivity contribution < 1.29 is 13.2 Å². The quantitative estimate of drug-likeness (QED) is 0.735. The topological polar surface area (TPSA) is 131 Å². The predicted octanol–water partition coefficient (Wildman–Crippen LogP) is 0.0743. The number of nitrogens with two attached hydrogens (primary N) is 1. The van der Waals surface area contributed by atoms with Crippen molar-refractivity contribution in [3.63, 3.8) is 0 Å². The average Bonchev–Trinajstić information content (AvgIpc) is 2.85. The molecule has 0 aliphatic carbocycles. The van der Waals surface area contributed by atoms with Crippen LogP contribution in [0.15, 0.2) is 16.6 Å². The normalized spacial score (nSPS) is 11.4. The van der Waals surface area contributed by atoms with Crippen LogP contribution in [0.3, 0.4) is 0 Å². The number of anilines is 1. The maximum Gasteiger partial charge on any atom is 0.260 e. The smallest absolute Gasteiger partial charge is 0.260 e. The van der Waals surface area contributed by atoms with Gasteiger partial charge in [0.15, 0.2) is 9.34 Å². The van der Waals surface area contributed by atoms with E-state index in [4.69, 9.17) is 5.14 Å². The van der Waals surface area contributed by atoms with Gasteiger partial charge in [-0.1, -0.05) is 11.3 Å². The van der Waals surface area contributed by atoms with Crippen LogP contribution in [-0.4, -0.2) is 29.5 Å². The third kappa shape index (κ3) is 2.55. The standard InChI is InChI=1S/C8H9N5O3S2/c1-4-7(18(9,15)16)17-8(12-4)13-6(14)5-2-10-11-3-5/h2-3H,1H3,(H,10,11)(H2,9,15,16)(H,12,13,14). The molecule has 0 aromatic carbocycles. The number of aromatic nitrogens is 3. The summed E-state index contributed by atoms with van der Waals surface area (Å²) in [5, 5.41) is 13.8. The predicted molar refractivity (Wildman–Crippen MR) is 64.8 cm³/mol. The van der Waals surface area contributed by atoms with Gasteiger partial charge in [-0.3, -0.25) is 15.2 Å². The summed E-state index contributed by atoms with van der Waals surface area (Å²) in [6.45, 7) is 1.50. The lowest BCUT2D eigenvalue weighted by atomic mass is 10.3. The number of carbonyl (C=O) groups is 1. The van der Waals surface area contributed by atoms with Gasteiger partial charge in [0.2, 0.25) is 10.0 Å². The van der Waals surface area contributed by atoms with E-state index in [1.807, 2.05) is 0 Å². The molecule has 0 bridgehead atoms. The fourth-order valence-electron chi connectivity index (χ4n) is 1.24. The molecule has 2 aromatic rings. The molecule has 0 unspecified atom stereocenters. The highest BCUT2D eigenvalue weighted by Crippen LogP contribution is 2.26. The molecular formula is C8H9N5O3S2. The number of aryl methyl sites for hydroxylation is 1. The fraction of sp³-hybridized carbons (Fsp3) is 0.125. The van der Waals surface area contributed by atoms with E-state index < -0.39 is 15.9 Å². The van der Waals surface area contributed by atoms with Crippen molar-refractivity contribution in [2.24, 2.45) is 5.14 Å². The molecule has 0 fully saturated rings. The molecule has 0 aliphatic rings. The third-order valence-corrected chi connectivity index (χ3v) is 4.62. The molecule has 2 aromatic heterocycles. The Morgan fingerprint density at radius 3 is 2.78 bits per heavy atom. The maximum atomic E-state index is 11.7. The zero-order chi connectivity index (χ0) is 13.3. The summed E-state index contributed by atoms with van der Waals surface area (Å²) >= 11 is 0.805. The third-order valence-electron chi connectivity index (χ3n) is 1.99. The minimum Gasteiger partial charge on any atom is -0.298 e. The Morgan fingerprint density at radius 2 is 2.28 bits per heavy atom. The minimum absolute atomic E-state index is 0.0648. The molecule has 10 heteroatoms. The molecule has 0 radical (unpaired) electrons. The lowest BCUT2D eigenvalue weighted by Gasteiger charge is -1.96.